The van der Waals surface area contributed by atoms with Gasteiger partial charge in [-0.15, -0.1) is 0 Å². The van der Waals surface area contributed by atoms with Gasteiger partial charge in [0.25, 0.3) is 0 Å². The van der Waals surface area contributed by atoms with Crippen molar-refractivity contribution in [3.05, 3.63) is 28.8 Å². The van der Waals surface area contributed by atoms with E-state index in [0.29, 0.717) is 11.8 Å². The van der Waals surface area contributed by atoms with Crippen LogP contribution in [0.4, 0.5) is 10.5 Å². The van der Waals surface area contributed by atoms with Crippen molar-refractivity contribution in [1.29, 1.82) is 0 Å². The van der Waals surface area contributed by atoms with E-state index in [1.54, 1.807) is 0 Å². The third kappa shape index (κ3) is 2.94. The van der Waals surface area contributed by atoms with Gasteiger partial charge in [0.15, 0.2) is 0 Å². The Morgan fingerprint density at radius 1 is 1.14 bits per heavy atom. The fourth-order valence-corrected chi connectivity index (χ4v) is 6.84. The molecule has 4 rings (SSSR count). The minimum atomic E-state index is -0.490. The highest BCUT2D eigenvalue weighted by atomic mass is 16.6. The lowest BCUT2D eigenvalue weighted by Crippen LogP contribution is -2.63. The molecule has 0 aromatic heterocycles. The van der Waals surface area contributed by atoms with E-state index in [4.69, 9.17) is 4.74 Å². The van der Waals surface area contributed by atoms with Gasteiger partial charge in [0.05, 0.1) is 11.2 Å². The molecule has 2 saturated carbocycles. The van der Waals surface area contributed by atoms with Crippen LogP contribution in [-0.2, 0) is 10.2 Å². The Kier molecular flexibility index (Phi) is 4.83. The lowest BCUT2D eigenvalue weighted by molar-refractivity contribution is 0.0289. The van der Waals surface area contributed by atoms with Crippen molar-refractivity contribution in [2.75, 3.05) is 4.90 Å². The van der Waals surface area contributed by atoms with Crippen LogP contribution in [0.2, 0.25) is 0 Å². The lowest BCUT2D eigenvalue weighted by Gasteiger charge is -2.57. The molecule has 2 aliphatic carbocycles. The number of hydrogen-bond donors (Lipinski definition) is 0. The first kappa shape index (κ1) is 20.8. The van der Waals surface area contributed by atoms with Gasteiger partial charge in [-0.2, -0.15) is 0 Å². The quantitative estimate of drug-likeness (QED) is 0.499. The predicted molar refractivity (Wildman–Crippen MR) is 120 cm³/mol. The number of benzene rings is 1. The average molecular weight is 398 g/mol. The van der Waals surface area contributed by atoms with Gasteiger partial charge < -0.3 is 4.74 Å². The molecule has 3 atom stereocenters. The van der Waals surface area contributed by atoms with Gasteiger partial charge in [-0.1, -0.05) is 45.2 Å². The molecule has 1 heterocycles. The second-order valence-corrected chi connectivity index (χ2v) is 11.3. The summed E-state index contributed by atoms with van der Waals surface area (Å²) < 4.78 is 5.99. The highest BCUT2D eigenvalue weighted by Gasteiger charge is 2.66. The zero-order valence-corrected chi connectivity index (χ0v) is 19.5. The summed E-state index contributed by atoms with van der Waals surface area (Å²) in [5.74, 6) is 1.16. The van der Waals surface area contributed by atoms with Crippen LogP contribution in [0.5, 0.6) is 0 Å². The number of anilines is 1. The maximum absolute atomic E-state index is 13.6. The predicted octanol–water partition coefficient (Wildman–Crippen LogP) is 7.24. The second-order valence-electron chi connectivity index (χ2n) is 11.3. The Morgan fingerprint density at radius 3 is 2.48 bits per heavy atom. The Bertz CT molecular complexity index is 819. The molecule has 1 spiro atoms. The zero-order chi connectivity index (χ0) is 21.2. The topological polar surface area (TPSA) is 29.5 Å². The summed E-state index contributed by atoms with van der Waals surface area (Å²) in [6, 6.07) is 4.76. The maximum Gasteiger partial charge on any atom is 0.415 e. The van der Waals surface area contributed by atoms with Crippen LogP contribution >= 0.6 is 0 Å². The molecule has 1 aromatic rings. The molecule has 0 bridgehead atoms. The summed E-state index contributed by atoms with van der Waals surface area (Å²) in [5, 5.41) is 0. The Morgan fingerprint density at radius 2 is 1.83 bits per heavy atom. The smallest absolute Gasteiger partial charge is 0.415 e. The summed E-state index contributed by atoms with van der Waals surface area (Å²) in [6.45, 7) is 15.0. The number of carbonyl (C=O) groups is 1. The van der Waals surface area contributed by atoms with E-state index in [0.717, 1.165) is 12.1 Å². The van der Waals surface area contributed by atoms with Crippen molar-refractivity contribution in [2.45, 2.75) is 116 Å². The van der Waals surface area contributed by atoms with E-state index in [1.165, 1.54) is 55.2 Å². The first-order chi connectivity index (χ1) is 13.5. The fraction of sp³-hybridized carbons (Fsp3) is 0.731. The molecule has 0 saturated heterocycles. The largest absolute Gasteiger partial charge is 0.443 e. The van der Waals surface area contributed by atoms with Crippen LogP contribution in [0.1, 0.15) is 109 Å². The first-order valence-corrected chi connectivity index (χ1v) is 11.7. The van der Waals surface area contributed by atoms with Crippen LogP contribution in [0.3, 0.4) is 0 Å². The molecular weight excluding hydrogens is 358 g/mol. The minimum Gasteiger partial charge on any atom is -0.443 e. The van der Waals surface area contributed by atoms with E-state index < -0.39 is 5.60 Å². The number of hydrogen-bond acceptors (Lipinski definition) is 2. The van der Waals surface area contributed by atoms with E-state index >= 15 is 0 Å². The number of nitrogens with zero attached hydrogens (tertiary/aromatic N) is 1. The monoisotopic (exact) mass is 397 g/mol. The van der Waals surface area contributed by atoms with Gasteiger partial charge in [0.2, 0.25) is 0 Å². The van der Waals surface area contributed by atoms with Crippen LogP contribution in [0.15, 0.2) is 12.1 Å². The number of amides is 1. The van der Waals surface area contributed by atoms with Crippen LogP contribution in [0.25, 0.3) is 0 Å². The standard InChI is InChI=1S/C26H39NO2/c1-17(2)19-15-18(3)22-21(16-19)26-14-9-8-11-20(26)12-10-13-25(26,7)27(22)23(28)29-24(4,5)6/h15-17,20H,8-14H2,1-7H3/t20-,25-,26+/m1/s1. The Balaban J connectivity index is 1.97. The second kappa shape index (κ2) is 6.75. The molecule has 3 heteroatoms. The number of carbonyl (C=O) groups excluding carboxylic acids is 1. The summed E-state index contributed by atoms with van der Waals surface area (Å²) >= 11 is 0. The Hall–Kier alpha value is -1.51. The molecule has 1 amide bonds. The highest BCUT2D eigenvalue weighted by Crippen LogP contribution is 2.66. The van der Waals surface area contributed by atoms with Crippen LogP contribution in [0, 0.1) is 12.8 Å². The first-order valence-electron chi connectivity index (χ1n) is 11.7. The van der Waals surface area contributed by atoms with E-state index in [9.17, 15) is 4.79 Å². The highest BCUT2D eigenvalue weighted by molar-refractivity contribution is 5.95. The molecule has 1 aromatic carbocycles. The number of fused-ring (bicyclic) bond motifs is 1. The third-order valence-corrected chi connectivity index (χ3v) is 8.01. The van der Waals surface area contributed by atoms with Crippen molar-refractivity contribution in [2.24, 2.45) is 5.92 Å². The van der Waals surface area contributed by atoms with E-state index in [-0.39, 0.29) is 17.0 Å². The average Bonchev–Trinajstić information content (AvgIpc) is 2.84. The normalized spacial score (nSPS) is 31.3. The molecule has 3 nitrogen and oxygen atoms in total. The summed E-state index contributed by atoms with van der Waals surface area (Å²) in [5.41, 5.74) is 4.62. The van der Waals surface area contributed by atoms with Crippen molar-refractivity contribution < 1.29 is 9.53 Å². The van der Waals surface area contributed by atoms with Gasteiger partial charge in [0.1, 0.15) is 5.60 Å². The van der Waals surface area contributed by atoms with Crippen LogP contribution < -0.4 is 4.90 Å². The molecule has 2 fully saturated rings. The summed E-state index contributed by atoms with van der Waals surface area (Å²) in [4.78, 5) is 15.7. The van der Waals surface area contributed by atoms with Crippen molar-refractivity contribution in [1.82, 2.24) is 0 Å². The molecular formula is C26H39NO2. The van der Waals surface area contributed by atoms with Gasteiger partial charge in [-0.25, -0.2) is 4.79 Å². The fourth-order valence-electron chi connectivity index (χ4n) is 6.84. The minimum absolute atomic E-state index is 0.0748. The van der Waals surface area contributed by atoms with Gasteiger partial charge >= 0.3 is 6.09 Å². The number of aryl methyl sites for hydroxylation is 1. The molecule has 0 unspecified atom stereocenters. The molecule has 0 radical (unpaired) electrons. The number of ether oxygens (including phenoxy) is 1. The number of rotatable bonds is 1. The lowest BCUT2D eigenvalue weighted by atomic mass is 9.50. The zero-order valence-electron chi connectivity index (χ0n) is 19.5. The van der Waals surface area contributed by atoms with Gasteiger partial charge in [-0.05, 0) is 88.8 Å². The van der Waals surface area contributed by atoms with Crippen molar-refractivity contribution in [3.8, 4) is 0 Å². The SMILES string of the molecule is Cc1cc(C(C)C)cc2c1N(C(=O)OC(C)(C)C)[C@]1(C)CCC[C@H]3CCCC[C@@]231. The van der Waals surface area contributed by atoms with E-state index in [1.807, 2.05) is 20.8 Å². The summed E-state index contributed by atoms with van der Waals surface area (Å²) in [6.07, 6.45) is 8.47. The molecule has 3 aliphatic rings. The Labute approximate surface area is 177 Å². The van der Waals surface area contributed by atoms with E-state index in [2.05, 4.69) is 44.7 Å². The van der Waals surface area contributed by atoms with Gasteiger partial charge in [-0.3, -0.25) is 4.90 Å². The van der Waals surface area contributed by atoms with Crippen molar-refractivity contribution >= 4 is 11.8 Å². The molecule has 160 valence electrons. The molecule has 1 aliphatic heterocycles. The summed E-state index contributed by atoms with van der Waals surface area (Å²) in [7, 11) is 0. The molecule has 0 N–H and O–H groups in total. The molecule has 29 heavy (non-hydrogen) atoms. The third-order valence-electron chi connectivity index (χ3n) is 8.01. The van der Waals surface area contributed by atoms with Gasteiger partial charge in [0, 0.05) is 5.41 Å². The van der Waals surface area contributed by atoms with Crippen molar-refractivity contribution in [3.63, 3.8) is 0 Å². The van der Waals surface area contributed by atoms with Crippen LogP contribution in [-0.4, -0.2) is 17.2 Å². The maximum atomic E-state index is 13.6.